The number of hydrogen-bond donors (Lipinski definition) is 0. The summed E-state index contributed by atoms with van der Waals surface area (Å²) in [5.74, 6) is -0.310. The number of carbonyl (C=O) groups excluding carboxylic acids is 1. The Balaban J connectivity index is 2.12. The molecule has 0 radical (unpaired) electrons. The molecule has 0 amide bonds. The van der Waals surface area contributed by atoms with Crippen molar-refractivity contribution in [1.29, 1.82) is 0 Å². The van der Waals surface area contributed by atoms with Crippen molar-refractivity contribution in [3.8, 4) is 0 Å². The van der Waals surface area contributed by atoms with Crippen LogP contribution in [0.1, 0.15) is 9.67 Å². The molecule has 1 unspecified atom stereocenters. The van der Waals surface area contributed by atoms with E-state index in [0.29, 0.717) is 24.2 Å². The highest BCUT2D eigenvalue weighted by Crippen LogP contribution is 2.25. The first-order valence-electron chi connectivity index (χ1n) is 5.09. The molecule has 2 nitrogen and oxygen atoms in total. The molecule has 100 valence electrons. The lowest BCUT2D eigenvalue weighted by Gasteiger charge is -2.02. The van der Waals surface area contributed by atoms with Crippen molar-refractivity contribution in [2.24, 2.45) is 0 Å². The van der Waals surface area contributed by atoms with Crippen molar-refractivity contribution in [2.45, 2.75) is 4.90 Å². The van der Waals surface area contributed by atoms with Crippen LogP contribution in [-0.2, 0) is 10.8 Å². The number of thiophene rings is 1. The Morgan fingerprint density at radius 2 is 1.84 bits per heavy atom. The van der Waals surface area contributed by atoms with Crippen molar-refractivity contribution >= 4 is 62.7 Å². The van der Waals surface area contributed by atoms with Gasteiger partial charge in [-0.3, -0.25) is 9.00 Å². The van der Waals surface area contributed by atoms with E-state index in [0.717, 1.165) is 0 Å². The molecule has 2 rings (SSSR count). The van der Waals surface area contributed by atoms with Crippen LogP contribution >= 0.6 is 46.1 Å². The zero-order valence-electron chi connectivity index (χ0n) is 9.36. The van der Waals surface area contributed by atoms with E-state index in [9.17, 15) is 9.00 Å². The highest BCUT2D eigenvalue weighted by atomic mass is 35.5. The van der Waals surface area contributed by atoms with Gasteiger partial charge in [-0.25, -0.2) is 0 Å². The SMILES string of the molecule is O=C(CS(=O)c1ccc(Cl)c(Cl)c1)c1ccc(Cl)s1. The molecule has 19 heavy (non-hydrogen) atoms. The van der Waals surface area contributed by atoms with Gasteiger partial charge in [-0.15, -0.1) is 11.3 Å². The Labute approximate surface area is 131 Å². The summed E-state index contributed by atoms with van der Waals surface area (Å²) in [5, 5.41) is 0.706. The van der Waals surface area contributed by atoms with Crippen LogP contribution in [0.5, 0.6) is 0 Å². The van der Waals surface area contributed by atoms with Crippen molar-refractivity contribution in [1.82, 2.24) is 0 Å². The quantitative estimate of drug-likeness (QED) is 0.747. The summed E-state index contributed by atoms with van der Waals surface area (Å²) in [5.41, 5.74) is 0. The van der Waals surface area contributed by atoms with Gasteiger partial charge >= 0.3 is 0 Å². The lowest BCUT2D eigenvalue weighted by Crippen LogP contribution is -2.09. The van der Waals surface area contributed by atoms with Crippen LogP contribution in [0.4, 0.5) is 0 Å². The van der Waals surface area contributed by atoms with Crippen LogP contribution < -0.4 is 0 Å². The molecule has 2 aromatic rings. The first kappa shape index (κ1) is 15.0. The zero-order valence-corrected chi connectivity index (χ0v) is 13.3. The number of ketones is 1. The number of Topliss-reactive ketones (excluding diaryl/α,β-unsaturated/α-hetero) is 1. The molecule has 0 saturated heterocycles. The third-order valence-corrected chi connectivity index (χ3v) is 5.58. The smallest absolute Gasteiger partial charge is 0.185 e. The lowest BCUT2D eigenvalue weighted by atomic mass is 10.3. The zero-order chi connectivity index (χ0) is 14.0. The molecule has 0 bridgehead atoms. The second-order valence-electron chi connectivity index (χ2n) is 3.59. The second-order valence-corrected chi connectivity index (χ2v) is 7.57. The molecule has 0 fully saturated rings. The first-order valence-corrected chi connectivity index (χ1v) is 8.36. The molecule has 0 aliphatic carbocycles. The number of halogens is 3. The molecule has 7 heteroatoms. The molecule has 0 spiro atoms. The Kier molecular flexibility index (Phi) is 5.03. The third kappa shape index (κ3) is 3.80. The summed E-state index contributed by atoms with van der Waals surface area (Å²) in [7, 11) is -1.45. The van der Waals surface area contributed by atoms with E-state index < -0.39 is 10.8 Å². The predicted octanol–water partition coefficient (Wildman–Crippen LogP) is 4.70. The van der Waals surface area contributed by atoms with Gasteiger partial charge in [-0.05, 0) is 30.3 Å². The Morgan fingerprint density at radius 3 is 2.42 bits per heavy atom. The molecule has 0 aliphatic rings. The standard InChI is InChI=1S/C12H7Cl3O2S2/c13-8-2-1-7(5-9(8)14)19(17)6-10(16)11-3-4-12(15)18-11/h1-5H,6H2. The van der Waals surface area contributed by atoms with Crippen LogP contribution in [0.2, 0.25) is 14.4 Å². The van der Waals surface area contributed by atoms with Crippen molar-refractivity contribution in [3.63, 3.8) is 0 Å². The van der Waals surface area contributed by atoms with E-state index in [-0.39, 0.29) is 11.5 Å². The highest BCUT2D eigenvalue weighted by molar-refractivity contribution is 7.85. The number of rotatable bonds is 4. The number of carbonyl (C=O) groups is 1. The van der Waals surface area contributed by atoms with Crippen LogP contribution in [-0.4, -0.2) is 15.7 Å². The normalized spacial score (nSPS) is 12.4. The van der Waals surface area contributed by atoms with E-state index >= 15 is 0 Å². The maximum absolute atomic E-state index is 12.1. The van der Waals surface area contributed by atoms with Gasteiger partial charge in [0.1, 0.15) is 0 Å². The fraction of sp³-hybridized carbons (Fsp3) is 0.0833. The Morgan fingerprint density at radius 1 is 1.11 bits per heavy atom. The summed E-state index contributed by atoms with van der Waals surface area (Å²) in [6.45, 7) is 0. The topological polar surface area (TPSA) is 34.1 Å². The summed E-state index contributed by atoms with van der Waals surface area (Å²) >= 11 is 18.6. The molecular weight excluding hydrogens is 347 g/mol. The van der Waals surface area contributed by atoms with Gasteiger partial charge in [-0.1, -0.05) is 34.8 Å². The van der Waals surface area contributed by atoms with Crippen molar-refractivity contribution < 1.29 is 9.00 Å². The Bertz CT molecular complexity index is 652. The van der Waals surface area contributed by atoms with E-state index in [1.54, 1.807) is 24.3 Å². The van der Waals surface area contributed by atoms with Gasteiger partial charge in [0.05, 0.1) is 35.8 Å². The molecular formula is C12H7Cl3O2S2. The molecule has 0 N–H and O–H groups in total. The highest BCUT2D eigenvalue weighted by Gasteiger charge is 2.15. The van der Waals surface area contributed by atoms with Gasteiger partial charge in [0.25, 0.3) is 0 Å². The maximum atomic E-state index is 12.1. The van der Waals surface area contributed by atoms with Crippen LogP contribution in [0.3, 0.4) is 0 Å². The second kappa shape index (κ2) is 6.37. The maximum Gasteiger partial charge on any atom is 0.185 e. The lowest BCUT2D eigenvalue weighted by molar-refractivity contribution is 0.102. The number of hydrogen-bond acceptors (Lipinski definition) is 3. The Hall–Kier alpha value is -0.390. The molecule has 1 aromatic heterocycles. The van der Waals surface area contributed by atoms with E-state index in [1.807, 2.05) is 0 Å². The fourth-order valence-corrected chi connectivity index (χ4v) is 3.82. The van der Waals surface area contributed by atoms with Crippen LogP contribution in [0.15, 0.2) is 35.2 Å². The molecule has 1 atom stereocenters. The van der Waals surface area contributed by atoms with Gasteiger partial charge in [0.15, 0.2) is 5.78 Å². The summed E-state index contributed by atoms with van der Waals surface area (Å²) in [4.78, 5) is 12.9. The summed E-state index contributed by atoms with van der Waals surface area (Å²) in [6, 6.07) is 7.93. The fourth-order valence-electron chi connectivity index (χ4n) is 1.36. The minimum absolute atomic E-state index is 0.102. The number of benzene rings is 1. The monoisotopic (exact) mass is 352 g/mol. The predicted molar refractivity (Wildman–Crippen MR) is 81.4 cm³/mol. The minimum Gasteiger partial charge on any atom is -0.292 e. The van der Waals surface area contributed by atoms with Gasteiger partial charge in [-0.2, -0.15) is 0 Å². The molecule has 0 aliphatic heterocycles. The van der Waals surface area contributed by atoms with Gasteiger partial charge < -0.3 is 0 Å². The van der Waals surface area contributed by atoms with E-state index in [1.165, 1.54) is 17.4 Å². The van der Waals surface area contributed by atoms with Crippen LogP contribution in [0.25, 0.3) is 0 Å². The molecule has 0 saturated carbocycles. The first-order chi connectivity index (χ1) is 8.97. The van der Waals surface area contributed by atoms with Crippen LogP contribution in [0, 0.1) is 0 Å². The van der Waals surface area contributed by atoms with Gasteiger partial charge in [0.2, 0.25) is 0 Å². The summed E-state index contributed by atoms with van der Waals surface area (Å²) in [6.07, 6.45) is 0. The van der Waals surface area contributed by atoms with E-state index in [2.05, 4.69) is 0 Å². The average Bonchev–Trinajstić information content (AvgIpc) is 2.79. The van der Waals surface area contributed by atoms with E-state index in [4.69, 9.17) is 34.8 Å². The van der Waals surface area contributed by atoms with Gasteiger partial charge in [0, 0.05) is 4.90 Å². The summed E-state index contributed by atoms with van der Waals surface area (Å²) < 4.78 is 12.6. The minimum atomic E-state index is -1.45. The third-order valence-electron chi connectivity index (χ3n) is 2.26. The van der Waals surface area contributed by atoms with Crippen molar-refractivity contribution in [3.05, 3.63) is 49.6 Å². The average molecular weight is 354 g/mol. The molecule has 1 aromatic carbocycles. The van der Waals surface area contributed by atoms with Crippen molar-refractivity contribution in [2.75, 3.05) is 5.75 Å². The largest absolute Gasteiger partial charge is 0.292 e. The molecule has 1 heterocycles.